The summed E-state index contributed by atoms with van der Waals surface area (Å²) in [5.41, 5.74) is 1.55. The molecule has 17 heavy (non-hydrogen) atoms. The zero-order chi connectivity index (χ0) is 12.3. The summed E-state index contributed by atoms with van der Waals surface area (Å²) in [6, 6.07) is 7.48. The van der Waals surface area contributed by atoms with Gasteiger partial charge in [0.2, 0.25) is 0 Å². The highest BCUT2D eigenvalue weighted by Crippen LogP contribution is 2.15. The first-order valence-corrected chi connectivity index (χ1v) is 5.03. The number of hydrogen-bond acceptors (Lipinski definition) is 4. The van der Waals surface area contributed by atoms with Crippen LogP contribution in [0.2, 0.25) is 0 Å². The molecule has 0 unspecified atom stereocenters. The van der Waals surface area contributed by atoms with Gasteiger partial charge in [-0.1, -0.05) is 22.9 Å². The van der Waals surface area contributed by atoms with Crippen LogP contribution in [-0.2, 0) is 6.61 Å². The Morgan fingerprint density at radius 2 is 2.12 bits per heavy atom. The fourth-order valence-corrected chi connectivity index (χ4v) is 1.33. The summed E-state index contributed by atoms with van der Waals surface area (Å²) in [6.45, 7) is 2.10. The molecule has 0 saturated heterocycles. The van der Waals surface area contributed by atoms with Gasteiger partial charge < -0.3 is 14.4 Å². The molecule has 2 aromatic rings. The normalized spacial score (nSPS) is 10.2. The fourth-order valence-electron chi connectivity index (χ4n) is 1.33. The lowest BCUT2D eigenvalue weighted by Gasteiger charge is -2.04. The van der Waals surface area contributed by atoms with E-state index >= 15 is 0 Å². The predicted molar refractivity (Wildman–Crippen MR) is 59.0 cm³/mol. The maximum Gasteiger partial charge on any atom is 0.375 e. The topological polar surface area (TPSA) is 72.6 Å². The van der Waals surface area contributed by atoms with Gasteiger partial charge in [-0.2, -0.15) is 0 Å². The number of hydrogen-bond donors (Lipinski definition) is 1. The Bertz CT molecular complexity index is 516. The Hall–Kier alpha value is -2.30. The van der Waals surface area contributed by atoms with Crippen LogP contribution in [0.15, 0.2) is 35.0 Å². The van der Waals surface area contributed by atoms with Crippen LogP contribution >= 0.6 is 0 Å². The van der Waals surface area contributed by atoms with E-state index in [0.717, 1.165) is 5.56 Å². The quantitative estimate of drug-likeness (QED) is 0.876. The number of aryl methyl sites for hydroxylation is 1. The average Bonchev–Trinajstić information content (AvgIpc) is 2.76. The van der Waals surface area contributed by atoms with E-state index in [4.69, 9.17) is 9.84 Å². The van der Waals surface area contributed by atoms with Crippen LogP contribution in [0, 0.1) is 6.92 Å². The second-order valence-corrected chi connectivity index (χ2v) is 3.59. The van der Waals surface area contributed by atoms with Crippen LogP contribution in [-0.4, -0.2) is 16.2 Å². The third-order valence-corrected chi connectivity index (χ3v) is 2.25. The summed E-state index contributed by atoms with van der Waals surface area (Å²) in [5, 5.41) is 12.2. The zero-order valence-electron chi connectivity index (χ0n) is 9.21. The molecule has 0 aliphatic heterocycles. The maximum atomic E-state index is 10.7. The first-order valence-electron chi connectivity index (χ1n) is 5.03. The number of carbonyl (C=O) groups is 1. The number of carboxylic acid groups (broad SMARTS) is 1. The van der Waals surface area contributed by atoms with Crippen molar-refractivity contribution in [1.29, 1.82) is 0 Å². The average molecular weight is 233 g/mol. The summed E-state index contributed by atoms with van der Waals surface area (Å²) in [7, 11) is 0. The number of rotatable bonds is 4. The van der Waals surface area contributed by atoms with E-state index in [1.807, 2.05) is 31.2 Å². The van der Waals surface area contributed by atoms with Gasteiger partial charge in [0.15, 0.2) is 0 Å². The summed E-state index contributed by atoms with van der Waals surface area (Å²) < 4.78 is 10.0. The Kier molecular flexibility index (Phi) is 3.09. The molecule has 5 heteroatoms. The Labute approximate surface area is 97.6 Å². The van der Waals surface area contributed by atoms with Crippen LogP contribution in [0.5, 0.6) is 5.75 Å². The molecule has 0 saturated carbocycles. The molecule has 0 aliphatic carbocycles. The standard InChI is InChI=1S/C12H11NO4/c1-8-2-4-10(5-3-8)16-7-9-6-13-17-11(9)12(14)15/h2-6H,7H2,1H3,(H,14,15). The summed E-state index contributed by atoms with van der Waals surface area (Å²) >= 11 is 0. The molecule has 1 aromatic heterocycles. The highest BCUT2D eigenvalue weighted by Gasteiger charge is 2.15. The summed E-state index contributed by atoms with van der Waals surface area (Å²) in [6.07, 6.45) is 1.34. The number of nitrogens with zero attached hydrogens (tertiary/aromatic N) is 1. The van der Waals surface area contributed by atoms with E-state index in [1.54, 1.807) is 0 Å². The molecule has 1 N–H and O–H groups in total. The van der Waals surface area contributed by atoms with Gasteiger partial charge in [0, 0.05) is 0 Å². The summed E-state index contributed by atoms with van der Waals surface area (Å²) in [5.74, 6) is -0.657. The molecule has 88 valence electrons. The van der Waals surface area contributed by atoms with Crippen molar-refractivity contribution in [2.24, 2.45) is 0 Å². The van der Waals surface area contributed by atoms with Gasteiger partial charge in [-0.05, 0) is 19.1 Å². The minimum atomic E-state index is -1.15. The lowest BCUT2D eigenvalue weighted by atomic mass is 10.2. The van der Waals surface area contributed by atoms with Crippen LogP contribution in [0.25, 0.3) is 0 Å². The van der Waals surface area contributed by atoms with Crippen molar-refractivity contribution >= 4 is 5.97 Å². The number of ether oxygens (including phenoxy) is 1. The Balaban J connectivity index is 2.05. The van der Waals surface area contributed by atoms with E-state index < -0.39 is 5.97 Å². The molecule has 0 bridgehead atoms. The van der Waals surface area contributed by atoms with Crippen molar-refractivity contribution in [3.63, 3.8) is 0 Å². The van der Waals surface area contributed by atoms with Gasteiger partial charge in [0.1, 0.15) is 12.4 Å². The fraction of sp³-hybridized carbons (Fsp3) is 0.167. The van der Waals surface area contributed by atoms with Gasteiger partial charge in [-0.25, -0.2) is 4.79 Å². The van der Waals surface area contributed by atoms with Gasteiger partial charge >= 0.3 is 5.97 Å². The number of benzene rings is 1. The Morgan fingerprint density at radius 1 is 1.41 bits per heavy atom. The second-order valence-electron chi connectivity index (χ2n) is 3.59. The maximum absolute atomic E-state index is 10.7. The smallest absolute Gasteiger partial charge is 0.375 e. The van der Waals surface area contributed by atoms with Crippen molar-refractivity contribution < 1.29 is 19.2 Å². The number of aromatic carboxylic acids is 1. The van der Waals surface area contributed by atoms with E-state index in [2.05, 4.69) is 9.68 Å². The largest absolute Gasteiger partial charge is 0.489 e. The van der Waals surface area contributed by atoms with Crippen molar-refractivity contribution in [1.82, 2.24) is 5.16 Å². The van der Waals surface area contributed by atoms with E-state index in [-0.39, 0.29) is 12.4 Å². The predicted octanol–water partition coefficient (Wildman–Crippen LogP) is 2.26. The minimum Gasteiger partial charge on any atom is -0.489 e. The molecular weight excluding hydrogens is 222 g/mol. The van der Waals surface area contributed by atoms with Crippen LogP contribution in [0.3, 0.4) is 0 Å². The summed E-state index contributed by atoms with van der Waals surface area (Å²) in [4.78, 5) is 10.7. The van der Waals surface area contributed by atoms with Crippen LogP contribution in [0.4, 0.5) is 0 Å². The first-order chi connectivity index (χ1) is 8.16. The molecule has 5 nitrogen and oxygen atoms in total. The van der Waals surface area contributed by atoms with Crippen molar-refractivity contribution in [3.05, 3.63) is 47.3 Å². The van der Waals surface area contributed by atoms with Gasteiger partial charge in [0.05, 0.1) is 11.8 Å². The van der Waals surface area contributed by atoms with Gasteiger partial charge in [-0.15, -0.1) is 0 Å². The molecule has 0 amide bonds. The van der Waals surface area contributed by atoms with E-state index in [0.29, 0.717) is 11.3 Å². The van der Waals surface area contributed by atoms with Crippen molar-refractivity contribution in [2.45, 2.75) is 13.5 Å². The third kappa shape index (κ3) is 2.63. The Morgan fingerprint density at radius 3 is 2.76 bits per heavy atom. The molecule has 0 aliphatic rings. The molecule has 1 aromatic carbocycles. The molecule has 1 heterocycles. The number of carboxylic acids is 1. The molecule has 0 spiro atoms. The SMILES string of the molecule is Cc1ccc(OCc2cnoc2C(=O)O)cc1. The van der Waals surface area contributed by atoms with Crippen LogP contribution in [0.1, 0.15) is 21.7 Å². The first kappa shape index (κ1) is 11.2. The molecule has 0 atom stereocenters. The van der Waals surface area contributed by atoms with Gasteiger partial charge in [0.25, 0.3) is 5.76 Å². The monoisotopic (exact) mass is 233 g/mol. The lowest BCUT2D eigenvalue weighted by Crippen LogP contribution is -2.02. The molecule has 0 radical (unpaired) electrons. The van der Waals surface area contributed by atoms with Crippen molar-refractivity contribution in [3.8, 4) is 5.75 Å². The molecular formula is C12H11NO4. The highest BCUT2D eigenvalue weighted by molar-refractivity contribution is 5.85. The highest BCUT2D eigenvalue weighted by atomic mass is 16.5. The molecule has 2 rings (SSSR count). The van der Waals surface area contributed by atoms with Crippen LogP contribution < -0.4 is 4.74 Å². The van der Waals surface area contributed by atoms with Crippen molar-refractivity contribution in [2.75, 3.05) is 0 Å². The van der Waals surface area contributed by atoms with Gasteiger partial charge in [-0.3, -0.25) is 0 Å². The second kappa shape index (κ2) is 4.69. The van der Waals surface area contributed by atoms with E-state index in [1.165, 1.54) is 6.20 Å². The van der Waals surface area contributed by atoms with E-state index in [9.17, 15) is 4.79 Å². The number of aromatic nitrogens is 1. The lowest BCUT2D eigenvalue weighted by molar-refractivity contribution is 0.0648. The molecule has 0 fully saturated rings. The minimum absolute atomic E-state index is 0.119. The zero-order valence-corrected chi connectivity index (χ0v) is 9.21. The third-order valence-electron chi connectivity index (χ3n) is 2.25.